The predicted molar refractivity (Wildman–Crippen MR) is 127 cm³/mol. The van der Waals surface area contributed by atoms with Gasteiger partial charge in [-0.05, 0) is 62.1 Å². The summed E-state index contributed by atoms with van der Waals surface area (Å²) in [6.45, 7) is 0. The molecule has 3 aromatic rings. The van der Waals surface area contributed by atoms with Crippen LogP contribution in [0.1, 0.15) is 36.2 Å². The third kappa shape index (κ3) is 4.13. The fourth-order valence-corrected chi connectivity index (χ4v) is 6.88. The van der Waals surface area contributed by atoms with E-state index in [0.29, 0.717) is 35.1 Å². The predicted octanol–water partition coefficient (Wildman–Crippen LogP) is 3.26. The van der Waals surface area contributed by atoms with Crippen LogP contribution in [0.3, 0.4) is 0 Å². The molecule has 1 unspecified atom stereocenters. The van der Waals surface area contributed by atoms with Gasteiger partial charge in [0.1, 0.15) is 11.5 Å². The van der Waals surface area contributed by atoms with Gasteiger partial charge >= 0.3 is 10.2 Å². The minimum absolute atomic E-state index is 0.110. The van der Waals surface area contributed by atoms with Crippen LogP contribution in [-0.2, 0) is 17.3 Å². The summed E-state index contributed by atoms with van der Waals surface area (Å²) in [5.41, 5.74) is 1.35. The minimum atomic E-state index is -3.82. The van der Waals surface area contributed by atoms with Crippen molar-refractivity contribution in [2.45, 2.75) is 43.9 Å². The number of piperidine rings is 1. The summed E-state index contributed by atoms with van der Waals surface area (Å²) < 4.78 is 45.1. The van der Waals surface area contributed by atoms with Crippen molar-refractivity contribution in [2.24, 2.45) is 7.05 Å². The van der Waals surface area contributed by atoms with E-state index in [1.165, 1.54) is 21.1 Å². The van der Waals surface area contributed by atoms with Crippen LogP contribution in [0.5, 0.6) is 0 Å². The van der Waals surface area contributed by atoms with Gasteiger partial charge in [0.05, 0.1) is 22.3 Å². The molecular weight excluding hydrogens is 485 g/mol. The van der Waals surface area contributed by atoms with Gasteiger partial charge in [-0.3, -0.25) is 14.2 Å². The lowest BCUT2D eigenvalue weighted by Crippen LogP contribution is -2.49. The van der Waals surface area contributed by atoms with Gasteiger partial charge in [0.25, 0.3) is 5.91 Å². The quantitative estimate of drug-likeness (QED) is 0.490. The summed E-state index contributed by atoms with van der Waals surface area (Å²) in [6, 6.07) is 8.23. The highest BCUT2D eigenvalue weighted by Gasteiger charge is 2.46. The first-order valence-electron chi connectivity index (χ1n) is 10.8. The molecule has 9 nitrogen and oxygen atoms in total. The summed E-state index contributed by atoms with van der Waals surface area (Å²) in [7, 11) is -2.21. The normalized spacial score (nSPS) is 22.8. The van der Waals surface area contributed by atoms with Crippen LogP contribution in [-0.4, -0.2) is 51.7 Å². The number of nitrogens with zero attached hydrogens (tertiary/aromatic N) is 3. The van der Waals surface area contributed by atoms with Gasteiger partial charge in [0.15, 0.2) is 0 Å². The lowest BCUT2D eigenvalue weighted by molar-refractivity contribution is 0.0772. The van der Waals surface area contributed by atoms with Gasteiger partial charge in [-0.25, -0.2) is 4.39 Å². The average molecular weight is 508 g/mol. The molecule has 0 spiro atoms. The van der Waals surface area contributed by atoms with Gasteiger partial charge < -0.3 is 10.4 Å². The monoisotopic (exact) mass is 507 g/mol. The number of rotatable bonds is 5. The number of nitrogens with one attached hydrogen (secondary N) is 2. The number of carbonyl (C=O) groups excluding carboxylic acids is 1. The van der Waals surface area contributed by atoms with Crippen LogP contribution in [0.15, 0.2) is 36.4 Å². The second-order valence-corrected chi connectivity index (χ2v) is 10.7. The van der Waals surface area contributed by atoms with Crippen LogP contribution in [0, 0.1) is 5.82 Å². The molecule has 2 aromatic carbocycles. The molecule has 2 aliphatic rings. The van der Waals surface area contributed by atoms with Gasteiger partial charge in [0.2, 0.25) is 0 Å². The Hall–Kier alpha value is -2.73. The Kier molecular flexibility index (Phi) is 5.75. The van der Waals surface area contributed by atoms with Crippen molar-refractivity contribution in [3.8, 4) is 0 Å². The number of aliphatic hydroxyl groups excluding tert-OH is 1. The standard InChI is InChI=1S/C22H23ClFN5O4S/c1-28-21(22(31)25-12-3-7-19(24)18(23)8-12)17-6-2-13(9-20(17)26-28)27-34(32,33)29-14-4-5-15(29)11-16(30)10-14/h2-3,6-9,14-16,27,30H,4-5,10-11H2,1H3,(H,25,31)/t14-,15+,16?. The molecule has 0 radical (unpaired) electrons. The number of aryl methyl sites for hydroxylation is 1. The van der Waals surface area contributed by atoms with Crippen LogP contribution in [0.25, 0.3) is 10.9 Å². The van der Waals surface area contributed by atoms with E-state index in [2.05, 4.69) is 15.1 Å². The first kappa shape index (κ1) is 23.0. The molecule has 5 rings (SSSR count). The van der Waals surface area contributed by atoms with E-state index < -0.39 is 28.0 Å². The highest BCUT2D eigenvalue weighted by atomic mass is 35.5. The first-order valence-corrected chi connectivity index (χ1v) is 12.7. The van der Waals surface area contributed by atoms with Gasteiger partial charge in [-0.2, -0.15) is 17.8 Å². The number of aliphatic hydroxyl groups is 1. The summed E-state index contributed by atoms with van der Waals surface area (Å²) in [6.07, 6.45) is 1.88. The number of hydrogen-bond acceptors (Lipinski definition) is 5. The van der Waals surface area contributed by atoms with Gasteiger partial charge in [-0.15, -0.1) is 0 Å². The van der Waals surface area contributed by atoms with Gasteiger partial charge in [-0.1, -0.05) is 11.6 Å². The van der Waals surface area contributed by atoms with Gasteiger partial charge in [0, 0.05) is 30.2 Å². The van der Waals surface area contributed by atoms with Crippen LogP contribution in [0.2, 0.25) is 5.02 Å². The Bertz CT molecular complexity index is 1380. The smallest absolute Gasteiger partial charge is 0.302 e. The molecule has 1 amide bonds. The van der Waals surface area contributed by atoms with E-state index in [1.54, 1.807) is 25.2 Å². The maximum atomic E-state index is 13.4. The Balaban J connectivity index is 1.38. The van der Waals surface area contributed by atoms with E-state index in [0.717, 1.165) is 18.9 Å². The second-order valence-electron chi connectivity index (χ2n) is 8.73. The van der Waals surface area contributed by atoms with Crippen molar-refractivity contribution < 1.29 is 22.7 Å². The molecule has 2 bridgehead atoms. The van der Waals surface area contributed by atoms with Crippen molar-refractivity contribution in [3.05, 3.63) is 52.9 Å². The fourth-order valence-electron chi connectivity index (χ4n) is 5.00. The Morgan fingerprint density at radius 2 is 1.82 bits per heavy atom. The summed E-state index contributed by atoms with van der Waals surface area (Å²) in [5, 5.41) is 17.4. The largest absolute Gasteiger partial charge is 0.393 e. The number of halogens is 2. The molecule has 180 valence electrons. The molecule has 2 saturated heterocycles. The topological polar surface area (TPSA) is 117 Å². The van der Waals surface area contributed by atoms with E-state index in [-0.39, 0.29) is 22.8 Å². The van der Waals surface area contributed by atoms with Crippen molar-refractivity contribution in [1.29, 1.82) is 0 Å². The third-order valence-electron chi connectivity index (χ3n) is 6.39. The molecule has 12 heteroatoms. The van der Waals surface area contributed by atoms with Crippen molar-refractivity contribution in [1.82, 2.24) is 14.1 Å². The highest BCUT2D eigenvalue weighted by Crippen LogP contribution is 2.38. The number of benzene rings is 2. The van der Waals surface area contributed by atoms with E-state index in [4.69, 9.17) is 11.6 Å². The maximum absolute atomic E-state index is 13.4. The number of fused-ring (bicyclic) bond motifs is 3. The fraction of sp³-hybridized carbons (Fsp3) is 0.364. The Labute approximate surface area is 200 Å². The molecule has 0 saturated carbocycles. The van der Waals surface area contributed by atoms with Crippen LogP contribution >= 0.6 is 11.6 Å². The van der Waals surface area contributed by atoms with E-state index in [1.807, 2.05) is 0 Å². The molecular formula is C22H23ClFN5O4S. The van der Waals surface area contributed by atoms with Crippen LogP contribution in [0.4, 0.5) is 15.8 Å². The molecule has 2 aliphatic heterocycles. The molecule has 0 aliphatic carbocycles. The Morgan fingerprint density at radius 3 is 2.50 bits per heavy atom. The molecule has 1 aromatic heterocycles. The zero-order valence-corrected chi connectivity index (χ0v) is 19.8. The highest BCUT2D eigenvalue weighted by molar-refractivity contribution is 7.90. The third-order valence-corrected chi connectivity index (χ3v) is 8.33. The summed E-state index contributed by atoms with van der Waals surface area (Å²) in [5.74, 6) is -1.06. The average Bonchev–Trinajstić information content (AvgIpc) is 3.24. The SMILES string of the molecule is Cn1nc2cc(NS(=O)(=O)N3[C@@H]4CC[C@H]3CC(O)C4)ccc2c1C(=O)Nc1ccc(F)c(Cl)c1. The van der Waals surface area contributed by atoms with E-state index >= 15 is 0 Å². The first-order chi connectivity index (χ1) is 16.1. The number of anilines is 2. The van der Waals surface area contributed by atoms with Crippen molar-refractivity contribution in [3.63, 3.8) is 0 Å². The second kappa shape index (κ2) is 8.49. The molecule has 2 fully saturated rings. The summed E-state index contributed by atoms with van der Waals surface area (Å²) >= 11 is 5.79. The van der Waals surface area contributed by atoms with Crippen molar-refractivity contribution in [2.75, 3.05) is 10.0 Å². The van der Waals surface area contributed by atoms with Crippen molar-refractivity contribution >= 4 is 50.0 Å². The van der Waals surface area contributed by atoms with E-state index in [9.17, 15) is 22.7 Å². The molecule has 3 heterocycles. The lowest BCUT2D eigenvalue weighted by Gasteiger charge is -2.35. The number of amides is 1. The Morgan fingerprint density at radius 1 is 1.15 bits per heavy atom. The van der Waals surface area contributed by atoms with Crippen LogP contribution < -0.4 is 10.0 Å². The minimum Gasteiger partial charge on any atom is -0.393 e. The molecule has 3 atom stereocenters. The number of hydrogen-bond donors (Lipinski definition) is 3. The number of aromatic nitrogens is 2. The molecule has 3 N–H and O–H groups in total. The summed E-state index contributed by atoms with van der Waals surface area (Å²) in [4.78, 5) is 12.9. The maximum Gasteiger partial charge on any atom is 0.302 e. The lowest BCUT2D eigenvalue weighted by atomic mass is 10.0. The zero-order valence-electron chi connectivity index (χ0n) is 18.2. The zero-order chi connectivity index (χ0) is 24.2. The molecule has 34 heavy (non-hydrogen) atoms. The number of carbonyl (C=O) groups is 1.